The third-order valence-electron chi connectivity index (χ3n) is 10.3. The van der Waals surface area contributed by atoms with Crippen LogP contribution in [-0.4, -0.2) is 90.7 Å². The van der Waals surface area contributed by atoms with Crippen LogP contribution >= 0.6 is 0 Å². The van der Waals surface area contributed by atoms with Gasteiger partial charge >= 0.3 is 0 Å². The summed E-state index contributed by atoms with van der Waals surface area (Å²) in [5.74, 6) is -3.53. The lowest BCUT2D eigenvalue weighted by atomic mass is 9.75. The van der Waals surface area contributed by atoms with Crippen molar-refractivity contribution in [2.24, 2.45) is 23.7 Å². The Morgan fingerprint density at radius 3 is 2.39 bits per heavy atom. The van der Waals surface area contributed by atoms with E-state index in [1.807, 2.05) is 68.5 Å². The van der Waals surface area contributed by atoms with Crippen LogP contribution in [0.4, 0.5) is 0 Å². The van der Waals surface area contributed by atoms with Gasteiger partial charge in [-0.25, -0.2) is 0 Å². The van der Waals surface area contributed by atoms with Crippen molar-refractivity contribution in [1.29, 1.82) is 0 Å². The van der Waals surface area contributed by atoms with Crippen LogP contribution in [0.2, 0.25) is 0 Å². The van der Waals surface area contributed by atoms with E-state index < -0.39 is 60.1 Å². The first-order valence-electron chi connectivity index (χ1n) is 17.6. The fourth-order valence-electron chi connectivity index (χ4n) is 7.52. The molecular weight excluding hydrogens is 624 g/mol. The molecule has 0 radical (unpaired) electrons. The number of ketones is 2. The molecule has 3 aliphatic rings. The maximum atomic E-state index is 14.1. The van der Waals surface area contributed by atoms with Crippen LogP contribution in [0.15, 0.2) is 66.3 Å². The first kappa shape index (κ1) is 38.4. The fourth-order valence-corrected chi connectivity index (χ4v) is 7.52. The molecule has 2 aliphatic heterocycles. The molecule has 1 aromatic carbocycles. The molecule has 10 nitrogen and oxygen atoms in total. The second kappa shape index (κ2) is 18.0. The third-order valence-corrected chi connectivity index (χ3v) is 10.3. The molecule has 4 rings (SSSR count). The van der Waals surface area contributed by atoms with Gasteiger partial charge < -0.3 is 29.5 Å². The molecule has 10 heteroatoms. The number of benzene rings is 1. The van der Waals surface area contributed by atoms with Gasteiger partial charge in [0.2, 0.25) is 5.91 Å². The Balaban J connectivity index is 1.61. The van der Waals surface area contributed by atoms with Gasteiger partial charge in [0.25, 0.3) is 11.7 Å². The van der Waals surface area contributed by atoms with Crippen molar-refractivity contribution < 1.29 is 38.5 Å². The van der Waals surface area contributed by atoms with Gasteiger partial charge in [0.15, 0.2) is 11.9 Å². The molecule has 2 heterocycles. The van der Waals surface area contributed by atoms with Crippen LogP contribution in [0.25, 0.3) is 0 Å². The third kappa shape index (κ3) is 9.42. The normalized spacial score (nSPS) is 35.4. The van der Waals surface area contributed by atoms with Crippen molar-refractivity contribution in [3.8, 4) is 0 Å². The number of amides is 2. The maximum Gasteiger partial charge on any atom is 0.293 e. The number of aliphatic hydroxyl groups excluding tert-OH is 1. The minimum Gasteiger partial charge on any atom is -0.390 e. The Hall–Kier alpha value is -3.44. The van der Waals surface area contributed by atoms with E-state index in [0.29, 0.717) is 32.2 Å². The molecule has 2 N–H and O–H groups in total. The lowest BCUT2D eigenvalue weighted by Gasteiger charge is -2.45. The fraction of sp³-hybridized carbons (Fsp3) is 0.590. The highest BCUT2D eigenvalue weighted by atomic mass is 16.5. The monoisotopic (exact) mass is 678 g/mol. The number of hydrogen-bond donors (Lipinski definition) is 2. The Labute approximate surface area is 290 Å². The zero-order valence-corrected chi connectivity index (χ0v) is 29.7. The topological polar surface area (TPSA) is 131 Å². The van der Waals surface area contributed by atoms with Gasteiger partial charge in [0.05, 0.1) is 18.3 Å². The van der Waals surface area contributed by atoms with E-state index in [1.54, 1.807) is 14.0 Å². The molecule has 10 atom stereocenters. The molecule has 0 spiro atoms. The summed E-state index contributed by atoms with van der Waals surface area (Å²) in [4.78, 5) is 56.6. The van der Waals surface area contributed by atoms with E-state index in [0.717, 1.165) is 17.6 Å². The Bertz CT molecular complexity index is 1390. The molecule has 2 fully saturated rings. The van der Waals surface area contributed by atoms with Crippen LogP contribution < -0.4 is 5.32 Å². The summed E-state index contributed by atoms with van der Waals surface area (Å²) in [6, 6.07) is 8.65. The molecule has 49 heavy (non-hydrogen) atoms. The minimum absolute atomic E-state index is 0.103. The van der Waals surface area contributed by atoms with E-state index >= 15 is 0 Å². The van der Waals surface area contributed by atoms with E-state index in [2.05, 4.69) is 18.3 Å². The van der Waals surface area contributed by atoms with E-state index in [9.17, 15) is 24.3 Å². The summed E-state index contributed by atoms with van der Waals surface area (Å²) in [5.41, 5.74) is 1.75. The van der Waals surface area contributed by atoms with Crippen molar-refractivity contribution in [3.63, 3.8) is 0 Å². The number of nitrogens with one attached hydrogen (secondary N) is 1. The number of methoxy groups -OCH3 is 2. The van der Waals surface area contributed by atoms with E-state index in [-0.39, 0.29) is 30.1 Å². The summed E-state index contributed by atoms with van der Waals surface area (Å²) in [6.45, 7) is 8.21. The number of carbonyl (C=O) groups excluding carboxylic acids is 4. The van der Waals surface area contributed by atoms with Gasteiger partial charge in [-0.05, 0) is 62.0 Å². The molecule has 1 aliphatic carbocycles. The highest BCUT2D eigenvalue weighted by Crippen LogP contribution is 2.38. The second-order valence-corrected chi connectivity index (χ2v) is 14.0. The number of nitrogens with zero attached hydrogens (tertiary/aromatic N) is 1. The van der Waals surface area contributed by atoms with Gasteiger partial charge in [-0.3, -0.25) is 19.2 Å². The standard InChI is InChI=1S/C39H54N2O8/c1-24-15-9-7-10-16-25(2)35(47-5)31(36(48-6)32(42)26(3)21-24)30-22-27(4)33(43)37(49-30)34(44)39(46)41-20-14-13-19-29(41)38(45)40-23-28-17-11-8-12-18-28/h7-12,15-18,24,26-27,29-31,33,35-37,43H,13-14,19-23H2,1-6H3,(H,40,45)/b10-7+,15-9-,25-16-/t24-,26+,27?,29?,30-,31?,33+,35-,36?,37+/m0/s1. The number of ether oxygens (including phenoxy) is 3. The Morgan fingerprint density at radius 1 is 0.980 bits per heavy atom. The number of hydrogen-bond acceptors (Lipinski definition) is 8. The molecule has 0 bridgehead atoms. The van der Waals surface area contributed by atoms with Crippen LogP contribution in [-0.2, 0) is 39.9 Å². The van der Waals surface area contributed by atoms with Crippen LogP contribution in [0.1, 0.15) is 65.4 Å². The summed E-state index contributed by atoms with van der Waals surface area (Å²) in [5, 5.41) is 14.2. The quantitative estimate of drug-likeness (QED) is 0.388. The number of carbonyl (C=O) groups is 4. The minimum atomic E-state index is -1.49. The van der Waals surface area contributed by atoms with Crippen molar-refractivity contribution in [1.82, 2.24) is 10.2 Å². The molecule has 1 aromatic rings. The molecule has 268 valence electrons. The van der Waals surface area contributed by atoms with Crippen LogP contribution in [0.5, 0.6) is 0 Å². The van der Waals surface area contributed by atoms with Gasteiger partial charge in [0.1, 0.15) is 12.1 Å². The number of Topliss-reactive ketones (excluding diaryl/α,β-unsaturated/α-hetero) is 2. The van der Waals surface area contributed by atoms with Gasteiger partial charge in [-0.2, -0.15) is 0 Å². The SMILES string of the molecule is COC1C(=O)[C@H](C)C[C@@H](C)\C=C/C=C/C=C(/C)[C@H](OC)C1[C@@H]1CC(C)[C@@H](O)[C@H](C(=O)C(=O)N2CCCCC2C(=O)NCc2ccccc2)O1. The number of likely N-dealkylation sites (tertiary alicyclic amines) is 1. The van der Waals surface area contributed by atoms with Crippen molar-refractivity contribution in [2.45, 2.75) is 103 Å². The van der Waals surface area contributed by atoms with Gasteiger partial charge in [-0.1, -0.05) is 81.5 Å². The van der Waals surface area contributed by atoms with Gasteiger partial charge in [0, 0.05) is 39.1 Å². The summed E-state index contributed by atoms with van der Waals surface area (Å²) in [7, 11) is 3.05. The molecule has 0 saturated carbocycles. The first-order chi connectivity index (χ1) is 23.5. The number of allylic oxidation sites excluding steroid dienone is 5. The van der Waals surface area contributed by atoms with Crippen molar-refractivity contribution in [2.75, 3.05) is 20.8 Å². The average molecular weight is 679 g/mol. The average Bonchev–Trinajstić information content (AvgIpc) is 3.11. The second-order valence-electron chi connectivity index (χ2n) is 14.0. The lowest BCUT2D eigenvalue weighted by molar-refractivity contribution is -0.195. The summed E-state index contributed by atoms with van der Waals surface area (Å²) >= 11 is 0. The highest BCUT2D eigenvalue weighted by molar-refractivity contribution is 6.38. The van der Waals surface area contributed by atoms with E-state index in [4.69, 9.17) is 14.2 Å². The number of aliphatic hydroxyl groups is 1. The smallest absolute Gasteiger partial charge is 0.293 e. The molecule has 0 aromatic heterocycles. The zero-order valence-electron chi connectivity index (χ0n) is 29.7. The predicted octanol–water partition coefficient (Wildman–Crippen LogP) is 4.36. The largest absolute Gasteiger partial charge is 0.390 e. The Morgan fingerprint density at radius 2 is 1.69 bits per heavy atom. The molecule has 4 unspecified atom stereocenters. The van der Waals surface area contributed by atoms with Crippen molar-refractivity contribution in [3.05, 3.63) is 71.8 Å². The number of piperidine rings is 1. The van der Waals surface area contributed by atoms with Crippen molar-refractivity contribution >= 4 is 23.4 Å². The first-order valence-corrected chi connectivity index (χ1v) is 17.6. The highest BCUT2D eigenvalue weighted by Gasteiger charge is 2.51. The Kier molecular flexibility index (Phi) is 14.1. The summed E-state index contributed by atoms with van der Waals surface area (Å²) in [6.07, 6.45) is 7.44. The van der Waals surface area contributed by atoms with Crippen LogP contribution in [0, 0.1) is 23.7 Å². The van der Waals surface area contributed by atoms with E-state index in [1.165, 1.54) is 12.0 Å². The zero-order chi connectivity index (χ0) is 35.7. The molecular formula is C39H54N2O8. The predicted molar refractivity (Wildman–Crippen MR) is 186 cm³/mol. The number of rotatable bonds is 8. The van der Waals surface area contributed by atoms with Crippen LogP contribution in [0.3, 0.4) is 0 Å². The molecule has 2 saturated heterocycles. The molecule has 2 amide bonds. The maximum absolute atomic E-state index is 14.1. The summed E-state index contributed by atoms with van der Waals surface area (Å²) < 4.78 is 18.4. The van der Waals surface area contributed by atoms with Gasteiger partial charge in [-0.15, -0.1) is 0 Å². The lowest BCUT2D eigenvalue weighted by Crippen LogP contribution is -2.60.